The average molecular weight is 425 g/mol. The largest absolute Gasteiger partial charge is 0.462 e. The summed E-state index contributed by atoms with van der Waals surface area (Å²) in [5.74, 6) is 0.416. The number of anilines is 2. The lowest BCUT2D eigenvalue weighted by Crippen LogP contribution is -2.23. The molecule has 0 heterocycles. The lowest BCUT2D eigenvalue weighted by Gasteiger charge is -2.31. The number of ether oxygens (including phenoxy) is 1. The third kappa shape index (κ3) is 7.93. The van der Waals surface area contributed by atoms with Crippen LogP contribution in [-0.2, 0) is 11.3 Å². The molecule has 2 aromatic rings. The Kier molecular flexibility index (Phi) is 9.42. The van der Waals surface area contributed by atoms with E-state index in [1.807, 2.05) is 43.3 Å². The van der Waals surface area contributed by atoms with Crippen molar-refractivity contribution in [2.24, 2.45) is 11.3 Å². The topological polar surface area (TPSA) is 50.4 Å². The minimum Gasteiger partial charge on any atom is -0.462 e. The summed E-state index contributed by atoms with van der Waals surface area (Å²) in [6, 6.07) is 16.3. The van der Waals surface area contributed by atoms with Crippen LogP contribution in [0, 0.1) is 11.3 Å². The summed E-state index contributed by atoms with van der Waals surface area (Å²) in [5.41, 5.74) is 4.02. The van der Waals surface area contributed by atoms with Crippen molar-refractivity contribution in [1.29, 1.82) is 0 Å². The average Bonchev–Trinajstić information content (AvgIpc) is 2.73. The first kappa shape index (κ1) is 24.8. The molecule has 0 saturated heterocycles. The zero-order chi connectivity index (χ0) is 22.9. The van der Waals surface area contributed by atoms with Crippen molar-refractivity contribution < 1.29 is 9.53 Å². The van der Waals surface area contributed by atoms with Crippen molar-refractivity contribution in [3.63, 3.8) is 0 Å². The van der Waals surface area contributed by atoms with Gasteiger partial charge in [0.05, 0.1) is 23.5 Å². The van der Waals surface area contributed by atoms with Crippen molar-refractivity contribution in [1.82, 2.24) is 0 Å². The first-order valence-electron chi connectivity index (χ1n) is 11.6. The maximum atomic E-state index is 12.2. The van der Waals surface area contributed by atoms with Crippen molar-refractivity contribution in [3.8, 4) is 0 Å². The van der Waals surface area contributed by atoms with Crippen LogP contribution in [0.4, 0.5) is 11.4 Å². The molecule has 2 aromatic carbocycles. The molecule has 0 radical (unpaired) electrons. The summed E-state index contributed by atoms with van der Waals surface area (Å²) in [4.78, 5) is 12.2. The quantitative estimate of drug-likeness (QED) is 0.377. The molecule has 0 aromatic heterocycles. The van der Waals surface area contributed by atoms with Crippen LogP contribution in [0.15, 0.2) is 48.5 Å². The number of benzene rings is 2. The summed E-state index contributed by atoms with van der Waals surface area (Å²) >= 11 is 0. The van der Waals surface area contributed by atoms with Crippen LogP contribution >= 0.6 is 0 Å². The number of carbonyl (C=O) groups excluding carboxylic acids is 1. The molecule has 2 atom stereocenters. The van der Waals surface area contributed by atoms with Gasteiger partial charge in [-0.05, 0) is 61.8 Å². The first-order valence-corrected chi connectivity index (χ1v) is 11.6. The number of hydrogen-bond donors (Lipinski definition) is 2. The minimum absolute atomic E-state index is 0.291. The highest BCUT2D eigenvalue weighted by atomic mass is 16.5. The lowest BCUT2D eigenvalue weighted by molar-refractivity contribution is 0.0526. The molecule has 0 aliphatic rings. The van der Waals surface area contributed by atoms with Gasteiger partial charge in [-0.3, -0.25) is 0 Å². The summed E-state index contributed by atoms with van der Waals surface area (Å²) in [6.45, 7) is 14.4. The van der Waals surface area contributed by atoms with Crippen LogP contribution in [0.3, 0.4) is 0 Å². The van der Waals surface area contributed by atoms with Gasteiger partial charge in [0.15, 0.2) is 0 Å². The number of carbonyl (C=O) groups is 1. The van der Waals surface area contributed by atoms with Crippen LogP contribution in [0.2, 0.25) is 0 Å². The predicted octanol–water partition coefficient (Wildman–Crippen LogP) is 7.13. The van der Waals surface area contributed by atoms with Gasteiger partial charge in [-0.1, -0.05) is 64.4 Å². The molecular weight excluding hydrogens is 384 g/mol. The van der Waals surface area contributed by atoms with Crippen LogP contribution in [0.5, 0.6) is 0 Å². The lowest BCUT2D eigenvalue weighted by atomic mass is 9.76. The summed E-state index contributed by atoms with van der Waals surface area (Å²) < 4.78 is 5.19. The van der Waals surface area contributed by atoms with Crippen molar-refractivity contribution in [2.45, 2.75) is 73.4 Å². The molecule has 0 aliphatic carbocycles. The monoisotopic (exact) mass is 424 g/mol. The van der Waals surface area contributed by atoms with Gasteiger partial charge in [0.25, 0.3) is 0 Å². The fourth-order valence-corrected chi connectivity index (χ4v) is 3.99. The van der Waals surface area contributed by atoms with E-state index in [9.17, 15) is 4.79 Å². The smallest absolute Gasteiger partial charge is 0.338 e. The van der Waals surface area contributed by atoms with E-state index < -0.39 is 0 Å². The van der Waals surface area contributed by atoms with E-state index in [-0.39, 0.29) is 5.97 Å². The molecule has 0 bridgehead atoms. The van der Waals surface area contributed by atoms with Crippen LogP contribution < -0.4 is 10.6 Å². The van der Waals surface area contributed by atoms with Gasteiger partial charge >= 0.3 is 5.97 Å². The Morgan fingerprint density at radius 1 is 1.00 bits per heavy atom. The van der Waals surface area contributed by atoms with Gasteiger partial charge in [0, 0.05) is 12.6 Å². The van der Waals surface area contributed by atoms with Crippen LogP contribution in [-0.4, -0.2) is 18.6 Å². The molecule has 4 nitrogen and oxygen atoms in total. The second-order valence-corrected chi connectivity index (χ2v) is 9.41. The zero-order valence-corrected chi connectivity index (χ0v) is 20.1. The second kappa shape index (κ2) is 11.8. The highest BCUT2D eigenvalue weighted by Gasteiger charge is 2.23. The molecule has 2 N–H and O–H groups in total. The van der Waals surface area contributed by atoms with E-state index in [1.54, 1.807) is 0 Å². The highest BCUT2D eigenvalue weighted by Crippen LogP contribution is 2.33. The number of esters is 1. The summed E-state index contributed by atoms with van der Waals surface area (Å²) in [7, 11) is 0. The molecule has 0 spiro atoms. The first-order chi connectivity index (χ1) is 14.7. The van der Waals surface area contributed by atoms with Gasteiger partial charge in [-0.2, -0.15) is 0 Å². The van der Waals surface area contributed by atoms with E-state index >= 15 is 0 Å². The molecule has 4 heteroatoms. The van der Waals surface area contributed by atoms with Crippen molar-refractivity contribution in [3.05, 3.63) is 59.7 Å². The highest BCUT2D eigenvalue weighted by molar-refractivity contribution is 5.92. The zero-order valence-electron chi connectivity index (χ0n) is 20.1. The van der Waals surface area contributed by atoms with Crippen LogP contribution in [0.1, 0.15) is 76.7 Å². The Bertz CT molecular complexity index is 812. The molecule has 0 saturated carbocycles. The van der Waals surface area contributed by atoms with Gasteiger partial charge in [0.2, 0.25) is 0 Å². The maximum Gasteiger partial charge on any atom is 0.338 e. The number of hydrogen-bond acceptors (Lipinski definition) is 4. The second-order valence-electron chi connectivity index (χ2n) is 9.41. The van der Waals surface area contributed by atoms with Gasteiger partial charge in [-0.25, -0.2) is 4.79 Å². The molecule has 2 rings (SSSR count). The maximum absolute atomic E-state index is 12.2. The van der Waals surface area contributed by atoms with E-state index in [2.05, 4.69) is 57.4 Å². The van der Waals surface area contributed by atoms with Crippen LogP contribution in [0.25, 0.3) is 0 Å². The third-order valence-corrected chi connectivity index (χ3v) is 5.92. The molecule has 0 fully saturated rings. The summed E-state index contributed by atoms with van der Waals surface area (Å²) in [5, 5.41) is 7.16. The van der Waals surface area contributed by atoms with E-state index in [4.69, 9.17) is 4.74 Å². The Labute approximate surface area is 188 Å². The third-order valence-electron chi connectivity index (χ3n) is 5.92. The molecule has 0 amide bonds. The van der Waals surface area contributed by atoms with Crippen molar-refractivity contribution >= 4 is 17.3 Å². The minimum atomic E-state index is -0.291. The Morgan fingerprint density at radius 2 is 1.71 bits per heavy atom. The molecular formula is C27H40N2O2. The SMILES string of the molecule is CCOC(=O)c1ccc(NC(C)CCC(CC)C(C)(C)C)c(NCc2ccccc2)c1. The van der Waals surface area contributed by atoms with Gasteiger partial charge in [-0.15, -0.1) is 0 Å². The normalized spacial score (nSPS) is 13.4. The predicted molar refractivity (Wildman–Crippen MR) is 132 cm³/mol. The Balaban J connectivity index is 2.13. The number of rotatable bonds is 11. The summed E-state index contributed by atoms with van der Waals surface area (Å²) in [6.07, 6.45) is 3.50. The standard InChI is InChI=1S/C27H40N2O2/c1-7-23(27(4,5)6)16-14-20(3)29-24-17-15-22(26(30)31-8-2)18-25(24)28-19-21-12-10-9-11-13-21/h9-13,15,17-18,20,23,28-29H,7-8,14,16,19H2,1-6H3. The molecule has 170 valence electrons. The fourth-order valence-electron chi connectivity index (χ4n) is 3.99. The van der Waals surface area contributed by atoms with Gasteiger partial charge in [0.1, 0.15) is 0 Å². The van der Waals surface area contributed by atoms with Crippen molar-refractivity contribution in [2.75, 3.05) is 17.2 Å². The van der Waals surface area contributed by atoms with E-state index in [0.29, 0.717) is 36.1 Å². The fraction of sp³-hybridized carbons (Fsp3) is 0.519. The number of nitrogens with one attached hydrogen (secondary N) is 2. The van der Waals surface area contributed by atoms with Gasteiger partial charge < -0.3 is 15.4 Å². The molecule has 2 unspecified atom stereocenters. The van der Waals surface area contributed by atoms with E-state index in [1.165, 1.54) is 18.4 Å². The molecule has 31 heavy (non-hydrogen) atoms. The molecule has 0 aliphatic heterocycles. The Hall–Kier alpha value is -2.49. The Morgan fingerprint density at radius 3 is 2.32 bits per heavy atom. The van der Waals surface area contributed by atoms with E-state index in [0.717, 1.165) is 17.8 Å².